The number of aromatic nitrogens is 5. The summed E-state index contributed by atoms with van der Waals surface area (Å²) in [6.45, 7) is 3.22. The second-order valence-corrected chi connectivity index (χ2v) is 8.71. The Morgan fingerprint density at radius 3 is 2.78 bits per heavy atom. The number of fused-ring (bicyclic) bond motifs is 1. The van der Waals surface area contributed by atoms with E-state index in [-0.39, 0.29) is 17.7 Å². The molecule has 9 heteroatoms. The number of H-pyrrole nitrogens is 1. The minimum absolute atomic E-state index is 0.115. The first-order chi connectivity index (χ1) is 15.7. The Bertz CT molecular complexity index is 1110. The van der Waals surface area contributed by atoms with Crippen LogP contribution in [0, 0.1) is 0 Å². The molecular formula is C23H30N6O3. The fourth-order valence-corrected chi connectivity index (χ4v) is 4.90. The Morgan fingerprint density at radius 2 is 2.03 bits per heavy atom. The Morgan fingerprint density at radius 1 is 1.19 bits per heavy atom. The van der Waals surface area contributed by atoms with E-state index in [9.17, 15) is 4.79 Å². The van der Waals surface area contributed by atoms with Crippen molar-refractivity contribution in [1.82, 2.24) is 30.1 Å². The van der Waals surface area contributed by atoms with E-state index in [0.29, 0.717) is 23.7 Å². The van der Waals surface area contributed by atoms with Gasteiger partial charge in [-0.3, -0.25) is 9.69 Å². The van der Waals surface area contributed by atoms with E-state index in [1.165, 1.54) is 12.8 Å². The van der Waals surface area contributed by atoms with E-state index < -0.39 is 0 Å². The molecular weight excluding hydrogens is 408 g/mol. The van der Waals surface area contributed by atoms with Gasteiger partial charge in [-0.2, -0.15) is 0 Å². The number of ether oxygens (including phenoxy) is 2. The molecule has 0 spiro atoms. The molecule has 4 heterocycles. The number of nitrogens with one attached hydrogen (secondary N) is 1. The van der Waals surface area contributed by atoms with Gasteiger partial charge in [0, 0.05) is 18.2 Å². The summed E-state index contributed by atoms with van der Waals surface area (Å²) in [7, 11) is 1.62. The molecule has 32 heavy (non-hydrogen) atoms. The van der Waals surface area contributed by atoms with Crippen LogP contribution in [0.4, 0.5) is 0 Å². The van der Waals surface area contributed by atoms with E-state index in [1.54, 1.807) is 7.11 Å². The maximum Gasteiger partial charge on any atom is 0.253 e. The van der Waals surface area contributed by atoms with Crippen molar-refractivity contribution in [2.75, 3.05) is 26.8 Å². The van der Waals surface area contributed by atoms with Gasteiger partial charge < -0.3 is 14.5 Å². The highest BCUT2D eigenvalue weighted by atomic mass is 16.5. The van der Waals surface area contributed by atoms with Gasteiger partial charge in [-0.1, -0.05) is 12.8 Å². The number of aromatic amines is 1. The van der Waals surface area contributed by atoms with Crippen molar-refractivity contribution in [2.24, 2.45) is 0 Å². The van der Waals surface area contributed by atoms with Gasteiger partial charge in [-0.15, -0.1) is 5.10 Å². The summed E-state index contributed by atoms with van der Waals surface area (Å²) in [5, 5.41) is 13.7. The van der Waals surface area contributed by atoms with Crippen LogP contribution in [0.25, 0.3) is 10.9 Å². The van der Waals surface area contributed by atoms with Crippen molar-refractivity contribution < 1.29 is 9.47 Å². The van der Waals surface area contributed by atoms with Gasteiger partial charge in [-0.05, 0) is 72.8 Å². The standard InChI is InChI=1S/C23H30N6O3/c1-31-17-9-8-16-13-19(23(30)24-20(16)14-17)21(28-10-4-2-3-5-11-28)22-25-26-27-29(22)15-18-7-6-12-32-18/h8-9,13-14,18,21H,2-7,10-12,15H2,1H3,(H,24,30)/t18-,21+/m0/s1. The highest BCUT2D eigenvalue weighted by Crippen LogP contribution is 2.30. The molecule has 0 aliphatic carbocycles. The second kappa shape index (κ2) is 9.38. The van der Waals surface area contributed by atoms with Crippen molar-refractivity contribution in [1.29, 1.82) is 0 Å². The quantitative estimate of drug-likeness (QED) is 0.632. The normalized spacial score (nSPS) is 21.0. The SMILES string of the molecule is COc1ccc2cc([C@H](c3nnnn3C[C@@H]3CCCO3)N3CCCCCC3)c(=O)[nH]c2c1. The van der Waals surface area contributed by atoms with Crippen LogP contribution in [0.2, 0.25) is 0 Å². The van der Waals surface area contributed by atoms with E-state index in [1.807, 2.05) is 28.9 Å². The molecule has 1 N–H and O–H groups in total. The minimum atomic E-state index is -0.306. The number of methoxy groups -OCH3 is 1. The number of pyridine rings is 1. The average molecular weight is 439 g/mol. The fourth-order valence-electron chi connectivity index (χ4n) is 4.90. The third-order valence-electron chi connectivity index (χ3n) is 6.59. The van der Waals surface area contributed by atoms with E-state index in [0.717, 1.165) is 56.3 Å². The van der Waals surface area contributed by atoms with Crippen LogP contribution < -0.4 is 10.3 Å². The van der Waals surface area contributed by atoms with Crippen molar-refractivity contribution in [2.45, 2.75) is 57.2 Å². The van der Waals surface area contributed by atoms with Gasteiger partial charge >= 0.3 is 0 Å². The molecule has 9 nitrogen and oxygen atoms in total. The molecule has 2 aromatic heterocycles. The van der Waals surface area contributed by atoms with Crippen LogP contribution in [0.3, 0.4) is 0 Å². The summed E-state index contributed by atoms with van der Waals surface area (Å²) in [5.41, 5.74) is 1.31. The number of tetrazole rings is 1. The molecule has 2 atom stereocenters. The van der Waals surface area contributed by atoms with Crippen LogP contribution in [0.5, 0.6) is 5.75 Å². The van der Waals surface area contributed by atoms with Gasteiger partial charge in [0.1, 0.15) is 11.8 Å². The van der Waals surface area contributed by atoms with Crippen molar-refractivity contribution in [3.8, 4) is 5.75 Å². The predicted molar refractivity (Wildman–Crippen MR) is 120 cm³/mol. The van der Waals surface area contributed by atoms with Gasteiger partial charge in [0.15, 0.2) is 5.82 Å². The van der Waals surface area contributed by atoms with Gasteiger partial charge in [0.25, 0.3) is 5.56 Å². The number of hydrogen-bond acceptors (Lipinski definition) is 7. The molecule has 3 aromatic rings. The molecule has 0 unspecified atom stereocenters. The molecule has 0 amide bonds. The lowest BCUT2D eigenvalue weighted by Gasteiger charge is -2.30. The van der Waals surface area contributed by atoms with Gasteiger partial charge in [0.05, 0.1) is 25.3 Å². The number of hydrogen-bond donors (Lipinski definition) is 1. The third-order valence-corrected chi connectivity index (χ3v) is 6.59. The summed E-state index contributed by atoms with van der Waals surface area (Å²) in [5.74, 6) is 1.42. The number of likely N-dealkylation sites (tertiary alicyclic amines) is 1. The molecule has 2 saturated heterocycles. The second-order valence-electron chi connectivity index (χ2n) is 8.71. The van der Waals surface area contributed by atoms with E-state index in [2.05, 4.69) is 25.4 Å². The molecule has 2 aliphatic heterocycles. The van der Waals surface area contributed by atoms with E-state index >= 15 is 0 Å². The Kier molecular flexibility index (Phi) is 6.18. The number of rotatable bonds is 6. The topological polar surface area (TPSA) is 98.2 Å². The zero-order valence-corrected chi connectivity index (χ0v) is 18.5. The smallest absolute Gasteiger partial charge is 0.253 e. The largest absolute Gasteiger partial charge is 0.497 e. The van der Waals surface area contributed by atoms with Gasteiger partial charge in [-0.25, -0.2) is 4.68 Å². The number of benzene rings is 1. The predicted octanol–water partition coefficient (Wildman–Crippen LogP) is 2.67. The van der Waals surface area contributed by atoms with Crippen molar-refractivity contribution >= 4 is 10.9 Å². The number of nitrogens with zero attached hydrogens (tertiary/aromatic N) is 5. The van der Waals surface area contributed by atoms with Crippen LogP contribution in [-0.4, -0.2) is 63.0 Å². The monoisotopic (exact) mass is 438 g/mol. The highest BCUT2D eigenvalue weighted by molar-refractivity contribution is 5.80. The lowest BCUT2D eigenvalue weighted by Crippen LogP contribution is -2.36. The first-order valence-corrected chi connectivity index (χ1v) is 11.6. The Hall–Kier alpha value is -2.78. The van der Waals surface area contributed by atoms with E-state index in [4.69, 9.17) is 9.47 Å². The van der Waals surface area contributed by atoms with Crippen LogP contribution in [0.1, 0.15) is 56.0 Å². The molecule has 170 valence electrons. The minimum Gasteiger partial charge on any atom is -0.497 e. The zero-order chi connectivity index (χ0) is 21.9. The molecule has 5 rings (SSSR count). The summed E-state index contributed by atoms with van der Waals surface area (Å²) in [6.07, 6.45) is 6.80. The van der Waals surface area contributed by atoms with Gasteiger partial charge in [0.2, 0.25) is 0 Å². The first kappa shape index (κ1) is 21.1. The van der Waals surface area contributed by atoms with Crippen molar-refractivity contribution in [3.05, 3.63) is 46.0 Å². The summed E-state index contributed by atoms with van der Waals surface area (Å²) in [4.78, 5) is 18.8. The molecule has 0 saturated carbocycles. The molecule has 0 radical (unpaired) electrons. The Balaban J connectivity index is 1.59. The molecule has 2 fully saturated rings. The average Bonchev–Trinajstić information content (AvgIpc) is 3.41. The van der Waals surface area contributed by atoms with Crippen LogP contribution in [0.15, 0.2) is 29.1 Å². The highest BCUT2D eigenvalue weighted by Gasteiger charge is 2.31. The van der Waals surface area contributed by atoms with Crippen molar-refractivity contribution in [3.63, 3.8) is 0 Å². The summed E-state index contributed by atoms with van der Waals surface area (Å²) in [6, 6.07) is 7.41. The summed E-state index contributed by atoms with van der Waals surface area (Å²) < 4.78 is 13.0. The third kappa shape index (κ3) is 4.27. The molecule has 0 bridgehead atoms. The first-order valence-electron chi connectivity index (χ1n) is 11.6. The molecule has 2 aliphatic rings. The molecule has 1 aromatic carbocycles. The maximum atomic E-state index is 13.3. The van der Waals surface area contributed by atoms with Crippen LogP contribution >= 0.6 is 0 Å². The lowest BCUT2D eigenvalue weighted by atomic mass is 10.0. The zero-order valence-electron chi connectivity index (χ0n) is 18.5. The summed E-state index contributed by atoms with van der Waals surface area (Å²) >= 11 is 0. The van der Waals surface area contributed by atoms with Crippen LogP contribution in [-0.2, 0) is 11.3 Å². The maximum absolute atomic E-state index is 13.3. The lowest BCUT2D eigenvalue weighted by molar-refractivity contribution is 0.0909. The Labute approximate surface area is 186 Å². The fraction of sp³-hybridized carbons (Fsp3) is 0.565.